The van der Waals surface area contributed by atoms with Gasteiger partial charge in [0.2, 0.25) is 12.7 Å². The molecule has 9 heteroatoms. The molecule has 2 aliphatic heterocycles. The molecule has 1 unspecified atom stereocenters. The summed E-state index contributed by atoms with van der Waals surface area (Å²) in [7, 11) is 1.55. The number of nitrogens with zero attached hydrogens (tertiary/aromatic N) is 1. The van der Waals surface area contributed by atoms with Gasteiger partial charge in [0.1, 0.15) is 5.75 Å². The molecule has 1 fully saturated rings. The maximum absolute atomic E-state index is 13.6. The van der Waals surface area contributed by atoms with Crippen molar-refractivity contribution in [3.05, 3.63) is 82.4 Å². The minimum Gasteiger partial charge on any atom is -0.481 e. The monoisotopic (exact) mass is 574 g/mol. The summed E-state index contributed by atoms with van der Waals surface area (Å²) in [6.45, 7) is 6.88. The average Bonchev–Trinajstić information content (AvgIpc) is 3.61. The SMILES string of the molecule is CCc1cc(C)cc(CC)c1NC(=O)CN1C[C@H](c2ccc3c(c2)OCO3)C(C(=O)O)[C@@H]1c1ccc(OCOC)cc1. The van der Waals surface area contributed by atoms with E-state index in [1.165, 1.54) is 0 Å². The van der Waals surface area contributed by atoms with Crippen LogP contribution in [0.1, 0.15) is 53.6 Å². The first-order valence-corrected chi connectivity index (χ1v) is 14.3. The van der Waals surface area contributed by atoms with Crippen molar-refractivity contribution in [1.29, 1.82) is 0 Å². The van der Waals surface area contributed by atoms with Crippen LogP contribution in [0, 0.1) is 12.8 Å². The number of hydrogen-bond donors (Lipinski definition) is 2. The van der Waals surface area contributed by atoms with Gasteiger partial charge in [0, 0.05) is 31.3 Å². The van der Waals surface area contributed by atoms with Crippen LogP contribution in [0.4, 0.5) is 5.69 Å². The summed E-state index contributed by atoms with van der Waals surface area (Å²) in [6, 6.07) is 16.6. The summed E-state index contributed by atoms with van der Waals surface area (Å²) >= 11 is 0. The van der Waals surface area contributed by atoms with E-state index in [1.807, 2.05) is 35.2 Å². The normalized spacial score (nSPS) is 19.6. The molecule has 0 aliphatic carbocycles. The molecule has 3 atom stereocenters. The van der Waals surface area contributed by atoms with E-state index < -0.39 is 17.9 Å². The molecule has 1 amide bonds. The molecular weight excluding hydrogens is 536 g/mol. The van der Waals surface area contributed by atoms with Crippen LogP contribution in [0.3, 0.4) is 0 Å². The third-order valence-corrected chi connectivity index (χ3v) is 8.09. The number of nitrogens with one attached hydrogen (secondary N) is 1. The van der Waals surface area contributed by atoms with E-state index in [1.54, 1.807) is 19.2 Å². The lowest BCUT2D eigenvalue weighted by atomic mass is 9.82. The van der Waals surface area contributed by atoms with Gasteiger partial charge in [-0.25, -0.2) is 0 Å². The van der Waals surface area contributed by atoms with Crippen molar-refractivity contribution in [2.45, 2.75) is 45.6 Å². The number of rotatable bonds is 11. The Balaban J connectivity index is 1.48. The number of fused-ring (bicyclic) bond motifs is 1. The number of carbonyl (C=O) groups is 2. The van der Waals surface area contributed by atoms with Gasteiger partial charge in [-0.3, -0.25) is 14.5 Å². The zero-order chi connectivity index (χ0) is 29.8. The first kappa shape index (κ1) is 29.4. The number of likely N-dealkylation sites (tertiary alicyclic amines) is 1. The number of carboxylic acids is 1. The van der Waals surface area contributed by atoms with Crippen LogP contribution in [-0.4, -0.2) is 55.7 Å². The van der Waals surface area contributed by atoms with E-state index >= 15 is 0 Å². The average molecular weight is 575 g/mol. The second-order valence-electron chi connectivity index (χ2n) is 10.8. The molecule has 5 rings (SSSR count). The van der Waals surface area contributed by atoms with E-state index in [2.05, 4.69) is 38.2 Å². The summed E-state index contributed by atoms with van der Waals surface area (Å²) in [5.74, 6) is -0.436. The third-order valence-electron chi connectivity index (χ3n) is 8.09. The number of ether oxygens (including phenoxy) is 4. The zero-order valence-corrected chi connectivity index (χ0v) is 24.5. The second-order valence-corrected chi connectivity index (χ2v) is 10.8. The Morgan fingerprint density at radius 3 is 2.29 bits per heavy atom. The van der Waals surface area contributed by atoms with Crippen molar-refractivity contribution < 1.29 is 33.6 Å². The third kappa shape index (κ3) is 6.07. The number of carbonyl (C=O) groups excluding carboxylic acids is 1. The van der Waals surface area contributed by atoms with Crippen LogP contribution in [0.15, 0.2) is 54.6 Å². The molecule has 0 bridgehead atoms. The van der Waals surface area contributed by atoms with Crippen LogP contribution in [0.25, 0.3) is 0 Å². The number of methoxy groups -OCH3 is 1. The first-order valence-electron chi connectivity index (χ1n) is 14.3. The van der Waals surface area contributed by atoms with Crippen molar-refractivity contribution in [3.8, 4) is 17.2 Å². The van der Waals surface area contributed by atoms with Gasteiger partial charge in [-0.15, -0.1) is 0 Å². The van der Waals surface area contributed by atoms with Gasteiger partial charge in [-0.05, 0) is 66.3 Å². The highest BCUT2D eigenvalue weighted by molar-refractivity contribution is 5.94. The van der Waals surface area contributed by atoms with E-state index in [0.29, 0.717) is 23.8 Å². The topological polar surface area (TPSA) is 107 Å². The highest BCUT2D eigenvalue weighted by atomic mass is 16.7. The number of amides is 1. The standard InChI is InChI=1S/C33H38N2O7/c1-5-21-13-20(3)14-22(6-2)31(21)34-29(36)17-35-16-26(24-9-12-27-28(15-24)42-19-41-27)30(33(37)38)32(35)23-7-10-25(11-8-23)40-18-39-4/h7-15,26,30,32H,5-6,16-19H2,1-4H3,(H,34,36)(H,37,38)/t26-,30?,32+/m1/s1. The van der Waals surface area contributed by atoms with Crippen LogP contribution in [0.2, 0.25) is 0 Å². The summed E-state index contributed by atoms with van der Waals surface area (Å²) in [5.41, 5.74) is 5.82. The fourth-order valence-electron chi connectivity index (χ4n) is 6.18. The highest BCUT2D eigenvalue weighted by Crippen LogP contribution is 2.47. The molecule has 3 aromatic carbocycles. The van der Waals surface area contributed by atoms with Gasteiger partial charge >= 0.3 is 5.97 Å². The molecule has 0 spiro atoms. The van der Waals surface area contributed by atoms with Crippen molar-refractivity contribution in [2.75, 3.05) is 39.1 Å². The fraction of sp³-hybridized carbons (Fsp3) is 0.394. The molecule has 3 aromatic rings. The highest BCUT2D eigenvalue weighted by Gasteiger charge is 2.48. The van der Waals surface area contributed by atoms with Gasteiger partial charge in [0.15, 0.2) is 18.3 Å². The van der Waals surface area contributed by atoms with Gasteiger partial charge in [0.05, 0.1) is 12.5 Å². The van der Waals surface area contributed by atoms with E-state index in [9.17, 15) is 14.7 Å². The smallest absolute Gasteiger partial charge is 0.309 e. The molecule has 1 saturated heterocycles. The Hall–Kier alpha value is -4.08. The predicted molar refractivity (Wildman–Crippen MR) is 158 cm³/mol. The molecular formula is C33H38N2O7. The van der Waals surface area contributed by atoms with Gasteiger partial charge < -0.3 is 29.4 Å². The summed E-state index contributed by atoms with van der Waals surface area (Å²) in [6.07, 6.45) is 1.59. The van der Waals surface area contributed by atoms with Crippen molar-refractivity contribution in [3.63, 3.8) is 0 Å². The van der Waals surface area contributed by atoms with E-state index in [4.69, 9.17) is 18.9 Å². The Morgan fingerprint density at radius 1 is 0.976 bits per heavy atom. The molecule has 0 radical (unpaired) electrons. The Kier molecular flexibility index (Phi) is 8.99. The lowest BCUT2D eigenvalue weighted by molar-refractivity contribution is -0.143. The minimum absolute atomic E-state index is 0.0393. The molecule has 0 aromatic heterocycles. The lowest BCUT2D eigenvalue weighted by Crippen LogP contribution is -2.35. The number of hydrogen-bond acceptors (Lipinski definition) is 7. The molecule has 9 nitrogen and oxygen atoms in total. The Bertz CT molecular complexity index is 1410. The van der Waals surface area contributed by atoms with Crippen molar-refractivity contribution >= 4 is 17.6 Å². The Labute approximate surface area is 246 Å². The molecule has 222 valence electrons. The first-order chi connectivity index (χ1) is 20.3. The molecule has 2 heterocycles. The van der Waals surface area contributed by atoms with Crippen LogP contribution >= 0.6 is 0 Å². The molecule has 0 saturated carbocycles. The van der Waals surface area contributed by atoms with Crippen LogP contribution in [0.5, 0.6) is 17.2 Å². The van der Waals surface area contributed by atoms with E-state index in [-0.39, 0.29) is 32.0 Å². The lowest BCUT2D eigenvalue weighted by Gasteiger charge is -2.27. The second kappa shape index (κ2) is 12.8. The number of benzene rings is 3. The maximum Gasteiger partial charge on any atom is 0.309 e. The number of aryl methyl sites for hydroxylation is 3. The van der Waals surface area contributed by atoms with E-state index in [0.717, 1.165) is 46.3 Å². The number of anilines is 1. The van der Waals surface area contributed by atoms with Crippen LogP contribution < -0.4 is 19.5 Å². The van der Waals surface area contributed by atoms with Crippen molar-refractivity contribution in [1.82, 2.24) is 4.90 Å². The molecule has 2 aliphatic rings. The number of aliphatic carboxylic acids is 1. The minimum atomic E-state index is -0.926. The summed E-state index contributed by atoms with van der Waals surface area (Å²) in [5, 5.41) is 13.7. The van der Waals surface area contributed by atoms with Crippen LogP contribution in [-0.2, 0) is 27.2 Å². The Morgan fingerprint density at radius 2 is 1.64 bits per heavy atom. The summed E-state index contributed by atoms with van der Waals surface area (Å²) < 4.78 is 21.6. The maximum atomic E-state index is 13.6. The quantitative estimate of drug-likeness (QED) is 0.297. The predicted octanol–water partition coefficient (Wildman–Crippen LogP) is 5.31. The largest absolute Gasteiger partial charge is 0.481 e. The molecule has 2 N–H and O–H groups in total. The number of carboxylic acid groups (broad SMARTS) is 1. The summed E-state index contributed by atoms with van der Waals surface area (Å²) in [4.78, 5) is 28.5. The molecule has 42 heavy (non-hydrogen) atoms. The van der Waals surface area contributed by atoms with Crippen molar-refractivity contribution in [2.24, 2.45) is 5.92 Å². The zero-order valence-electron chi connectivity index (χ0n) is 24.5. The van der Waals surface area contributed by atoms with Gasteiger partial charge in [-0.2, -0.15) is 0 Å². The fourth-order valence-corrected chi connectivity index (χ4v) is 6.18. The van der Waals surface area contributed by atoms with Gasteiger partial charge in [-0.1, -0.05) is 49.7 Å². The van der Waals surface area contributed by atoms with Gasteiger partial charge in [0.25, 0.3) is 0 Å².